The van der Waals surface area contributed by atoms with Gasteiger partial charge in [0.1, 0.15) is 5.84 Å². The Hall–Kier alpha value is -4.72. The van der Waals surface area contributed by atoms with Crippen molar-refractivity contribution >= 4 is 23.2 Å². The minimum absolute atomic E-state index is 0.00824. The topological polar surface area (TPSA) is 117 Å². The maximum absolute atomic E-state index is 13.2. The second-order valence-corrected chi connectivity index (χ2v) is 9.19. The van der Waals surface area contributed by atoms with Crippen LogP contribution in [0.1, 0.15) is 47.7 Å². The fraction of sp³-hybridized carbons (Fsp3) is 0.226. The van der Waals surface area contributed by atoms with Crippen molar-refractivity contribution < 1.29 is 9.53 Å². The highest BCUT2D eigenvalue weighted by molar-refractivity contribution is 5.95. The van der Waals surface area contributed by atoms with Crippen LogP contribution in [0.5, 0.6) is 0 Å². The van der Waals surface area contributed by atoms with E-state index in [4.69, 9.17) is 15.9 Å². The van der Waals surface area contributed by atoms with Crippen molar-refractivity contribution in [1.29, 1.82) is 5.41 Å². The third-order valence-corrected chi connectivity index (χ3v) is 6.33. The van der Waals surface area contributed by atoms with E-state index in [1.54, 1.807) is 31.5 Å². The average Bonchev–Trinajstić information content (AvgIpc) is 2.96. The molecule has 4 aromatic rings. The van der Waals surface area contributed by atoms with Crippen LogP contribution in [0, 0.1) is 5.41 Å². The lowest BCUT2D eigenvalue weighted by molar-refractivity contribution is -0.144. The van der Waals surface area contributed by atoms with E-state index in [2.05, 4.69) is 45.3 Å². The lowest BCUT2D eigenvalue weighted by Gasteiger charge is -2.28. The normalized spacial score (nSPS) is 11.4. The fourth-order valence-corrected chi connectivity index (χ4v) is 4.33. The quantitative estimate of drug-likeness (QED) is 0.132. The van der Waals surface area contributed by atoms with Gasteiger partial charge < -0.3 is 20.7 Å². The highest BCUT2D eigenvalue weighted by Crippen LogP contribution is 2.29. The second kappa shape index (κ2) is 13.2. The minimum Gasteiger partial charge on any atom is -0.464 e. The largest absolute Gasteiger partial charge is 0.464 e. The van der Waals surface area contributed by atoms with Gasteiger partial charge >= 0.3 is 5.97 Å². The Labute approximate surface area is 229 Å². The van der Waals surface area contributed by atoms with E-state index in [1.165, 1.54) is 0 Å². The Morgan fingerprint density at radius 2 is 1.59 bits per heavy atom. The van der Waals surface area contributed by atoms with E-state index < -0.39 is 6.04 Å². The van der Waals surface area contributed by atoms with Crippen molar-refractivity contribution in [2.24, 2.45) is 5.73 Å². The van der Waals surface area contributed by atoms with E-state index in [0.717, 1.165) is 40.0 Å². The lowest BCUT2D eigenvalue weighted by atomic mass is 10.00. The van der Waals surface area contributed by atoms with Crippen molar-refractivity contribution in [3.05, 3.63) is 119 Å². The summed E-state index contributed by atoms with van der Waals surface area (Å²) in [6, 6.07) is 20.6. The van der Waals surface area contributed by atoms with Gasteiger partial charge in [-0.05, 0) is 84.1 Å². The number of rotatable bonds is 12. The molecule has 0 spiro atoms. The maximum atomic E-state index is 13.2. The number of hydrogen-bond donors (Lipinski definition) is 3. The number of benzene rings is 2. The summed E-state index contributed by atoms with van der Waals surface area (Å²) in [5.41, 5.74) is 12.0. The van der Waals surface area contributed by atoms with Gasteiger partial charge in [0.05, 0.1) is 6.61 Å². The zero-order valence-corrected chi connectivity index (χ0v) is 22.3. The lowest BCUT2D eigenvalue weighted by Crippen LogP contribution is -2.26. The van der Waals surface area contributed by atoms with Gasteiger partial charge in [0.15, 0.2) is 6.04 Å². The average molecular weight is 523 g/mol. The van der Waals surface area contributed by atoms with Crippen LogP contribution in [0.15, 0.2) is 91.5 Å². The smallest absolute Gasteiger partial charge is 0.333 e. The molecule has 0 aliphatic rings. The van der Waals surface area contributed by atoms with E-state index in [9.17, 15) is 4.79 Å². The van der Waals surface area contributed by atoms with E-state index in [0.29, 0.717) is 18.7 Å². The number of nitrogens with one attached hydrogen (secondary N) is 2. The molecule has 0 saturated carbocycles. The molecular formula is C31H34N6O2. The molecule has 39 heavy (non-hydrogen) atoms. The number of aryl methyl sites for hydroxylation is 1. The number of pyridine rings is 2. The van der Waals surface area contributed by atoms with Crippen molar-refractivity contribution in [3.8, 4) is 0 Å². The number of anilines is 2. The molecule has 0 aliphatic heterocycles. The Balaban J connectivity index is 1.73. The molecule has 8 heteroatoms. The summed E-state index contributed by atoms with van der Waals surface area (Å²) < 4.78 is 5.47. The van der Waals surface area contributed by atoms with Gasteiger partial charge in [0.2, 0.25) is 0 Å². The molecule has 2 aromatic heterocycles. The number of hydrogen-bond acceptors (Lipinski definition) is 7. The first-order valence-corrected chi connectivity index (χ1v) is 13.0. The third kappa shape index (κ3) is 7.41. The number of nitrogen functional groups attached to an aromatic ring is 1. The van der Waals surface area contributed by atoms with Crippen molar-refractivity contribution in [3.63, 3.8) is 0 Å². The number of esters is 1. The molecule has 8 nitrogen and oxygen atoms in total. The van der Waals surface area contributed by atoms with E-state index in [1.807, 2.05) is 48.8 Å². The molecule has 1 unspecified atom stereocenters. The number of carbonyl (C=O) groups is 1. The highest BCUT2D eigenvalue weighted by Gasteiger charge is 2.24. The van der Waals surface area contributed by atoms with Gasteiger partial charge in [0, 0.05) is 54.8 Å². The molecule has 4 N–H and O–H groups in total. The van der Waals surface area contributed by atoms with Gasteiger partial charge in [0.25, 0.3) is 0 Å². The summed E-state index contributed by atoms with van der Waals surface area (Å²) in [7, 11) is 0. The summed E-state index contributed by atoms with van der Waals surface area (Å²) in [6.07, 6.45) is 8.08. The van der Waals surface area contributed by atoms with E-state index >= 15 is 0 Å². The van der Waals surface area contributed by atoms with Crippen LogP contribution in [0.3, 0.4) is 0 Å². The molecule has 2 heterocycles. The highest BCUT2D eigenvalue weighted by atomic mass is 16.5. The zero-order chi connectivity index (χ0) is 27.6. The van der Waals surface area contributed by atoms with Gasteiger partial charge in [-0.25, -0.2) is 4.79 Å². The first kappa shape index (κ1) is 27.3. The van der Waals surface area contributed by atoms with Crippen molar-refractivity contribution in [2.75, 3.05) is 16.8 Å². The molecule has 0 radical (unpaired) electrons. The molecule has 2 aromatic carbocycles. The molecule has 4 rings (SSSR count). The molecule has 0 saturated heterocycles. The van der Waals surface area contributed by atoms with Gasteiger partial charge in [-0.3, -0.25) is 15.4 Å². The Morgan fingerprint density at radius 3 is 2.10 bits per heavy atom. The predicted octanol–water partition coefficient (Wildman–Crippen LogP) is 5.25. The number of nitrogens with zero attached hydrogens (tertiary/aromatic N) is 3. The van der Waals surface area contributed by atoms with Crippen LogP contribution >= 0.6 is 0 Å². The molecule has 0 bridgehead atoms. The summed E-state index contributed by atoms with van der Waals surface area (Å²) in [5, 5.41) is 11.0. The molecular weight excluding hydrogens is 488 g/mol. The van der Waals surface area contributed by atoms with Gasteiger partial charge in [-0.15, -0.1) is 0 Å². The van der Waals surface area contributed by atoms with Crippen LogP contribution in [0.2, 0.25) is 0 Å². The first-order chi connectivity index (χ1) is 19.0. The molecule has 0 amide bonds. The number of nitrogens with two attached hydrogens (primary N) is 1. The molecule has 1 atom stereocenters. The standard InChI is InChI=1S/C31H34N6O2/c1-3-22-15-26(29(31(38)39-4-2)36-27-11-9-25(10-12-27)30(32)33)17-28(16-22)37(20-23-7-5-13-34-18-23)21-24-8-6-14-35-19-24/h5-19,29,36H,3-4,20-21H2,1-2H3,(H3,32,33). The minimum atomic E-state index is -0.725. The van der Waals surface area contributed by atoms with Crippen LogP contribution in [0.25, 0.3) is 0 Å². The summed E-state index contributed by atoms with van der Waals surface area (Å²) in [5.74, 6) is -0.371. The summed E-state index contributed by atoms with van der Waals surface area (Å²) in [6.45, 7) is 5.45. The first-order valence-electron chi connectivity index (χ1n) is 13.0. The van der Waals surface area contributed by atoms with Crippen LogP contribution in [-0.4, -0.2) is 28.4 Å². The SMILES string of the molecule is CCOC(=O)C(Nc1ccc(C(=N)N)cc1)c1cc(CC)cc(N(Cc2cccnc2)Cc2cccnc2)c1. The van der Waals surface area contributed by atoms with Gasteiger partial charge in [-0.2, -0.15) is 0 Å². The zero-order valence-electron chi connectivity index (χ0n) is 22.3. The van der Waals surface area contributed by atoms with E-state index in [-0.39, 0.29) is 18.4 Å². The van der Waals surface area contributed by atoms with Crippen molar-refractivity contribution in [1.82, 2.24) is 9.97 Å². The number of carbonyl (C=O) groups excluding carboxylic acids is 1. The van der Waals surface area contributed by atoms with Crippen LogP contribution < -0.4 is 16.0 Å². The summed E-state index contributed by atoms with van der Waals surface area (Å²) in [4.78, 5) is 24.1. The number of amidine groups is 1. The second-order valence-electron chi connectivity index (χ2n) is 9.19. The van der Waals surface area contributed by atoms with Gasteiger partial charge in [-0.1, -0.05) is 25.1 Å². The van der Waals surface area contributed by atoms with Crippen LogP contribution in [-0.2, 0) is 29.0 Å². The van der Waals surface area contributed by atoms with Crippen molar-refractivity contribution in [2.45, 2.75) is 39.4 Å². The Bertz CT molecular complexity index is 1340. The predicted molar refractivity (Wildman–Crippen MR) is 155 cm³/mol. The Kier molecular flexibility index (Phi) is 9.24. The number of aromatic nitrogens is 2. The van der Waals surface area contributed by atoms with Crippen LogP contribution in [0.4, 0.5) is 11.4 Å². The number of ether oxygens (including phenoxy) is 1. The molecule has 200 valence electrons. The molecule has 0 aliphatic carbocycles. The molecule has 0 fully saturated rings. The fourth-order valence-electron chi connectivity index (χ4n) is 4.33. The maximum Gasteiger partial charge on any atom is 0.333 e. The summed E-state index contributed by atoms with van der Waals surface area (Å²) >= 11 is 0. The third-order valence-electron chi connectivity index (χ3n) is 6.33. The Morgan fingerprint density at radius 1 is 0.949 bits per heavy atom. The monoisotopic (exact) mass is 522 g/mol.